The monoisotopic (exact) mass is 473 g/mol. The largest absolute Gasteiger partial charge is 0.347 e. The van der Waals surface area contributed by atoms with Crippen LogP contribution in [0.25, 0.3) is 22.0 Å². The number of sulfonamides is 1. The van der Waals surface area contributed by atoms with Gasteiger partial charge in [0.25, 0.3) is 10.0 Å². The van der Waals surface area contributed by atoms with Crippen LogP contribution < -0.4 is 4.72 Å². The highest BCUT2D eigenvalue weighted by Crippen LogP contribution is 2.25. The third kappa shape index (κ3) is 5.18. The number of piperidine rings is 1. The van der Waals surface area contributed by atoms with Gasteiger partial charge in [-0.3, -0.25) is 4.72 Å². The molecular weight excluding hydrogens is 442 g/mol. The molecule has 1 fully saturated rings. The van der Waals surface area contributed by atoms with Gasteiger partial charge in [0.1, 0.15) is 0 Å². The molecule has 1 aliphatic rings. The summed E-state index contributed by atoms with van der Waals surface area (Å²) in [6.07, 6.45) is 7.23. The van der Waals surface area contributed by atoms with Gasteiger partial charge >= 0.3 is 0 Å². The van der Waals surface area contributed by atoms with Gasteiger partial charge in [0.2, 0.25) is 0 Å². The summed E-state index contributed by atoms with van der Waals surface area (Å²) in [5.74, 6) is 0. The number of anilines is 1. The Morgan fingerprint density at radius 2 is 1.50 bits per heavy atom. The lowest BCUT2D eigenvalue weighted by molar-refractivity contribution is 0.223. The predicted octanol–water partition coefficient (Wildman–Crippen LogP) is 5.99. The predicted molar refractivity (Wildman–Crippen MR) is 140 cm³/mol. The van der Waals surface area contributed by atoms with Crippen molar-refractivity contribution in [3.63, 3.8) is 0 Å². The third-order valence-corrected chi connectivity index (χ3v) is 8.01. The highest BCUT2D eigenvalue weighted by atomic mass is 32.2. The lowest BCUT2D eigenvalue weighted by Gasteiger charge is -2.26. The molecule has 0 amide bonds. The molecule has 0 saturated carbocycles. The van der Waals surface area contributed by atoms with E-state index in [2.05, 4.69) is 26.5 Å². The van der Waals surface area contributed by atoms with Gasteiger partial charge < -0.3 is 9.47 Å². The number of hydrogen-bond acceptors (Lipinski definition) is 3. The maximum Gasteiger partial charge on any atom is 0.261 e. The molecule has 176 valence electrons. The zero-order valence-electron chi connectivity index (χ0n) is 19.4. The summed E-state index contributed by atoms with van der Waals surface area (Å²) >= 11 is 0. The molecule has 3 aromatic carbocycles. The molecule has 1 saturated heterocycles. The van der Waals surface area contributed by atoms with E-state index in [-0.39, 0.29) is 4.90 Å². The maximum absolute atomic E-state index is 13.0. The zero-order valence-corrected chi connectivity index (χ0v) is 20.2. The molecule has 5 rings (SSSR count). The van der Waals surface area contributed by atoms with Gasteiger partial charge in [-0.25, -0.2) is 8.42 Å². The van der Waals surface area contributed by atoms with Crippen molar-refractivity contribution in [2.45, 2.75) is 37.1 Å². The molecule has 1 N–H and O–H groups in total. The molecule has 5 nitrogen and oxygen atoms in total. The van der Waals surface area contributed by atoms with Gasteiger partial charge in [0.15, 0.2) is 0 Å². The second-order valence-corrected chi connectivity index (χ2v) is 10.7. The summed E-state index contributed by atoms with van der Waals surface area (Å²) < 4.78 is 30.9. The van der Waals surface area contributed by atoms with Crippen LogP contribution in [0.15, 0.2) is 90.0 Å². The SMILES string of the molecule is O=S(=O)(Nc1ccc2c(ccn2CCCN2CCCCC2)c1)c1ccc(-c2ccccc2)cc1. The minimum Gasteiger partial charge on any atom is -0.347 e. The molecule has 4 aromatic rings. The van der Waals surface area contributed by atoms with Crippen LogP contribution >= 0.6 is 0 Å². The van der Waals surface area contributed by atoms with Crippen LogP contribution in [0.1, 0.15) is 25.7 Å². The van der Waals surface area contributed by atoms with Crippen molar-refractivity contribution in [2.24, 2.45) is 0 Å². The Balaban J connectivity index is 1.25. The summed E-state index contributed by atoms with van der Waals surface area (Å²) in [5, 5.41) is 1.04. The number of nitrogens with one attached hydrogen (secondary N) is 1. The van der Waals surface area contributed by atoms with Gasteiger partial charge in [-0.05, 0) is 86.4 Å². The molecule has 0 unspecified atom stereocenters. The van der Waals surface area contributed by atoms with Gasteiger partial charge in [0, 0.05) is 29.3 Å². The van der Waals surface area contributed by atoms with E-state index in [9.17, 15) is 8.42 Å². The second-order valence-electron chi connectivity index (χ2n) is 9.03. The summed E-state index contributed by atoms with van der Waals surface area (Å²) in [6.45, 7) is 4.56. The highest BCUT2D eigenvalue weighted by molar-refractivity contribution is 7.92. The summed E-state index contributed by atoms with van der Waals surface area (Å²) in [7, 11) is -3.66. The Morgan fingerprint density at radius 3 is 2.26 bits per heavy atom. The molecule has 0 atom stereocenters. The first kappa shape index (κ1) is 22.7. The summed E-state index contributed by atoms with van der Waals surface area (Å²) in [5.41, 5.74) is 3.76. The first-order valence-electron chi connectivity index (χ1n) is 12.1. The third-order valence-electron chi connectivity index (χ3n) is 6.62. The highest BCUT2D eigenvalue weighted by Gasteiger charge is 2.15. The number of aromatic nitrogens is 1. The second kappa shape index (κ2) is 10.0. The van der Waals surface area contributed by atoms with Crippen molar-refractivity contribution in [3.8, 4) is 11.1 Å². The Morgan fingerprint density at radius 1 is 0.765 bits per heavy atom. The van der Waals surface area contributed by atoms with E-state index in [1.807, 2.05) is 60.7 Å². The molecule has 0 spiro atoms. The van der Waals surface area contributed by atoms with Crippen LogP contribution in [0.2, 0.25) is 0 Å². The van der Waals surface area contributed by atoms with Gasteiger partial charge in [-0.1, -0.05) is 48.9 Å². The Bertz CT molecular complexity index is 1340. The van der Waals surface area contributed by atoms with E-state index in [1.54, 1.807) is 12.1 Å². The smallest absolute Gasteiger partial charge is 0.261 e. The first-order chi connectivity index (χ1) is 16.6. The normalized spacial score (nSPS) is 14.9. The molecular formula is C28H31N3O2S. The first-order valence-corrected chi connectivity index (χ1v) is 13.6. The van der Waals surface area contributed by atoms with Crippen molar-refractivity contribution in [3.05, 3.63) is 85.1 Å². The van der Waals surface area contributed by atoms with Gasteiger partial charge in [-0.15, -0.1) is 0 Å². The quantitative estimate of drug-likeness (QED) is 0.342. The van der Waals surface area contributed by atoms with E-state index < -0.39 is 10.0 Å². The van der Waals surface area contributed by atoms with Crippen LogP contribution in [0.5, 0.6) is 0 Å². The Labute approximate surface area is 202 Å². The zero-order chi connectivity index (χ0) is 23.4. The molecule has 0 radical (unpaired) electrons. The Kier molecular flexibility index (Phi) is 6.70. The number of likely N-dealkylation sites (tertiary alicyclic amines) is 1. The van der Waals surface area contributed by atoms with E-state index in [4.69, 9.17) is 0 Å². The van der Waals surface area contributed by atoms with Crippen LogP contribution in [0.3, 0.4) is 0 Å². The molecule has 1 aliphatic heterocycles. The van der Waals surface area contributed by atoms with E-state index in [0.29, 0.717) is 5.69 Å². The maximum atomic E-state index is 13.0. The van der Waals surface area contributed by atoms with Crippen molar-refractivity contribution in [1.29, 1.82) is 0 Å². The number of hydrogen-bond donors (Lipinski definition) is 1. The van der Waals surface area contributed by atoms with Crippen molar-refractivity contribution in [2.75, 3.05) is 24.4 Å². The fourth-order valence-electron chi connectivity index (χ4n) is 4.78. The fourth-order valence-corrected chi connectivity index (χ4v) is 5.83. The standard InChI is InChI=1S/C28H31N3O2S/c32-34(33,27-13-10-24(11-14-27)23-8-3-1-4-9-23)29-26-12-15-28-25(22-26)16-21-31(28)20-7-19-30-17-5-2-6-18-30/h1,3-4,8-16,21-22,29H,2,5-7,17-20H2. The van der Waals surface area contributed by atoms with Crippen LogP contribution in [-0.4, -0.2) is 37.5 Å². The topological polar surface area (TPSA) is 54.3 Å². The lowest BCUT2D eigenvalue weighted by atomic mass is 10.1. The number of nitrogens with zero attached hydrogens (tertiary/aromatic N) is 2. The summed E-state index contributed by atoms with van der Waals surface area (Å²) in [6, 6.07) is 24.7. The number of benzene rings is 3. The van der Waals surface area contributed by atoms with Crippen LogP contribution in [0.4, 0.5) is 5.69 Å². The van der Waals surface area contributed by atoms with Gasteiger partial charge in [0.05, 0.1) is 4.90 Å². The molecule has 0 bridgehead atoms. The molecule has 34 heavy (non-hydrogen) atoms. The number of aryl methyl sites for hydroxylation is 1. The van der Waals surface area contributed by atoms with Crippen LogP contribution in [0, 0.1) is 0 Å². The van der Waals surface area contributed by atoms with Crippen LogP contribution in [-0.2, 0) is 16.6 Å². The number of fused-ring (bicyclic) bond motifs is 1. The van der Waals surface area contributed by atoms with Crippen molar-refractivity contribution < 1.29 is 8.42 Å². The average molecular weight is 474 g/mol. The van der Waals surface area contributed by atoms with E-state index in [0.717, 1.165) is 41.5 Å². The molecule has 0 aliphatic carbocycles. The van der Waals surface area contributed by atoms with Crippen molar-refractivity contribution in [1.82, 2.24) is 9.47 Å². The van der Waals surface area contributed by atoms with Gasteiger partial charge in [-0.2, -0.15) is 0 Å². The summed E-state index contributed by atoms with van der Waals surface area (Å²) in [4.78, 5) is 2.82. The lowest BCUT2D eigenvalue weighted by Crippen LogP contribution is -2.31. The molecule has 6 heteroatoms. The number of rotatable bonds is 8. The van der Waals surface area contributed by atoms with E-state index >= 15 is 0 Å². The molecule has 1 aromatic heterocycles. The minimum absolute atomic E-state index is 0.252. The Hall–Kier alpha value is -3.09. The minimum atomic E-state index is -3.66. The molecule has 2 heterocycles. The average Bonchev–Trinajstić information content (AvgIpc) is 3.27. The van der Waals surface area contributed by atoms with E-state index in [1.165, 1.54) is 32.4 Å². The van der Waals surface area contributed by atoms with Crippen molar-refractivity contribution >= 4 is 26.6 Å². The fraction of sp³-hybridized carbons (Fsp3) is 0.286.